The van der Waals surface area contributed by atoms with Crippen molar-refractivity contribution >= 4 is 34.2 Å². The van der Waals surface area contributed by atoms with E-state index in [1.165, 1.54) is 0 Å². The molecule has 5 rings (SSSR count). The number of hydrogen-bond acceptors (Lipinski definition) is 3. The summed E-state index contributed by atoms with van der Waals surface area (Å²) >= 11 is 6.14. The number of carbonyl (C=O) groups excluding carboxylic acids is 1. The summed E-state index contributed by atoms with van der Waals surface area (Å²) in [6.07, 6.45) is -0.186. The van der Waals surface area contributed by atoms with Crippen LogP contribution in [0.5, 0.6) is 0 Å². The van der Waals surface area contributed by atoms with Crippen molar-refractivity contribution in [2.75, 3.05) is 6.54 Å². The molecular formula is C31H23ClF3N3O3. The van der Waals surface area contributed by atoms with E-state index in [0.717, 1.165) is 34.0 Å². The molecule has 1 atom stereocenters. The second-order valence-electron chi connectivity index (χ2n) is 9.52. The third-order valence-electron chi connectivity index (χ3n) is 6.76. The fourth-order valence-corrected chi connectivity index (χ4v) is 4.75. The van der Waals surface area contributed by atoms with Crippen LogP contribution in [0.15, 0.2) is 78.9 Å². The number of amides is 1. The number of rotatable bonds is 8. The van der Waals surface area contributed by atoms with E-state index in [9.17, 15) is 22.8 Å². The van der Waals surface area contributed by atoms with Crippen molar-refractivity contribution in [1.29, 1.82) is 0 Å². The second-order valence-corrected chi connectivity index (χ2v) is 9.95. The minimum Gasteiger partial charge on any atom is -0.481 e. The van der Waals surface area contributed by atoms with Gasteiger partial charge in [0.2, 0.25) is 0 Å². The predicted molar refractivity (Wildman–Crippen MR) is 150 cm³/mol. The summed E-state index contributed by atoms with van der Waals surface area (Å²) in [5, 5.41) is 18.4. The Morgan fingerprint density at radius 3 is 2.24 bits per heavy atom. The zero-order chi connectivity index (χ0) is 29.3. The maximum atomic E-state index is 14.1. The van der Waals surface area contributed by atoms with E-state index in [4.69, 9.17) is 16.7 Å². The van der Waals surface area contributed by atoms with Gasteiger partial charge in [-0.25, -0.2) is 13.2 Å². The average Bonchev–Trinajstić information content (AvgIpc) is 3.40. The highest BCUT2D eigenvalue weighted by molar-refractivity contribution is 6.31. The number of nitrogens with one attached hydrogen (secondary N) is 1. The van der Waals surface area contributed by atoms with Gasteiger partial charge in [0.05, 0.1) is 23.9 Å². The van der Waals surface area contributed by atoms with Crippen LogP contribution in [0.4, 0.5) is 13.2 Å². The fraction of sp³-hybridized carbons (Fsp3) is 0.129. The highest BCUT2D eigenvalue weighted by Gasteiger charge is 2.20. The lowest BCUT2D eigenvalue weighted by Crippen LogP contribution is -2.26. The minimum atomic E-state index is -1.55. The van der Waals surface area contributed by atoms with E-state index >= 15 is 0 Å². The first-order chi connectivity index (χ1) is 19.6. The third kappa shape index (κ3) is 5.95. The molecule has 5 aromatic rings. The summed E-state index contributed by atoms with van der Waals surface area (Å²) in [6.45, 7) is 1.89. The maximum Gasteiger partial charge on any atom is 0.305 e. The van der Waals surface area contributed by atoms with E-state index < -0.39 is 29.3 Å². The summed E-state index contributed by atoms with van der Waals surface area (Å²) in [6, 6.07) is 21.1. The molecule has 0 saturated heterocycles. The quantitative estimate of drug-likeness (QED) is 0.190. The molecule has 0 unspecified atom stereocenters. The predicted octanol–water partition coefficient (Wildman–Crippen LogP) is 7.25. The first-order valence-electron chi connectivity index (χ1n) is 12.6. The summed E-state index contributed by atoms with van der Waals surface area (Å²) in [7, 11) is 0. The normalized spacial score (nSPS) is 11.9. The molecule has 1 amide bonds. The van der Waals surface area contributed by atoms with Gasteiger partial charge in [0.25, 0.3) is 5.91 Å². The van der Waals surface area contributed by atoms with E-state index in [-0.39, 0.29) is 30.3 Å². The Labute approximate surface area is 238 Å². The molecule has 6 nitrogen and oxygen atoms in total. The molecule has 41 heavy (non-hydrogen) atoms. The number of fused-ring (bicyclic) bond motifs is 1. The van der Waals surface area contributed by atoms with Gasteiger partial charge in [-0.3, -0.25) is 14.3 Å². The lowest BCUT2D eigenvalue weighted by Gasteiger charge is -2.17. The molecule has 0 aliphatic carbocycles. The van der Waals surface area contributed by atoms with Crippen LogP contribution in [0.2, 0.25) is 5.02 Å². The van der Waals surface area contributed by atoms with Crippen molar-refractivity contribution in [2.45, 2.75) is 19.4 Å². The number of nitrogens with zero attached hydrogens (tertiary/aromatic N) is 2. The van der Waals surface area contributed by atoms with Crippen LogP contribution in [0, 0.1) is 17.5 Å². The summed E-state index contributed by atoms with van der Waals surface area (Å²) in [5.74, 6) is -5.59. The molecule has 0 fully saturated rings. The summed E-state index contributed by atoms with van der Waals surface area (Å²) < 4.78 is 43.5. The number of halogens is 4. The van der Waals surface area contributed by atoms with Crippen LogP contribution >= 0.6 is 11.6 Å². The average molecular weight is 578 g/mol. The topological polar surface area (TPSA) is 84.2 Å². The number of carboxylic acid groups (broad SMARTS) is 1. The molecule has 0 aliphatic heterocycles. The number of carboxylic acids is 1. The Morgan fingerprint density at radius 1 is 0.902 bits per heavy atom. The van der Waals surface area contributed by atoms with Crippen LogP contribution in [0.3, 0.4) is 0 Å². The summed E-state index contributed by atoms with van der Waals surface area (Å²) in [4.78, 5) is 23.1. The minimum absolute atomic E-state index is 0.00822. The molecule has 0 aliphatic rings. The Bertz CT molecular complexity index is 1760. The van der Waals surface area contributed by atoms with Gasteiger partial charge in [-0.05, 0) is 71.8 Å². The molecule has 10 heteroatoms. The summed E-state index contributed by atoms with van der Waals surface area (Å²) in [5.41, 5.74) is 2.89. The highest BCUT2D eigenvalue weighted by Crippen LogP contribution is 2.34. The Morgan fingerprint density at radius 2 is 1.56 bits per heavy atom. The van der Waals surface area contributed by atoms with Crippen LogP contribution in [0.25, 0.3) is 33.3 Å². The molecule has 1 heterocycles. The smallest absolute Gasteiger partial charge is 0.305 e. The number of aromatic nitrogens is 2. The van der Waals surface area contributed by atoms with Crippen molar-refractivity contribution in [3.8, 4) is 22.5 Å². The Hall–Kier alpha value is -4.63. The molecular weight excluding hydrogens is 555 g/mol. The lowest BCUT2D eigenvalue weighted by atomic mass is 10.0. The van der Waals surface area contributed by atoms with Crippen LogP contribution < -0.4 is 5.32 Å². The number of aliphatic carboxylic acids is 1. The van der Waals surface area contributed by atoms with E-state index in [1.807, 2.05) is 37.3 Å². The Kier molecular flexibility index (Phi) is 7.81. The number of hydrogen-bond donors (Lipinski definition) is 2. The van der Waals surface area contributed by atoms with Crippen LogP contribution in [-0.2, 0) is 4.79 Å². The molecule has 208 valence electrons. The van der Waals surface area contributed by atoms with Crippen molar-refractivity contribution in [2.24, 2.45) is 0 Å². The van der Waals surface area contributed by atoms with Gasteiger partial charge >= 0.3 is 5.97 Å². The van der Waals surface area contributed by atoms with Gasteiger partial charge in [0, 0.05) is 28.3 Å². The first-order valence-corrected chi connectivity index (χ1v) is 13.0. The third-order valence-corrected chi connectivity index (χ3v) is 7.00. The van der Waals surface area contributed by atoms with Crippen molar-refractivity contribution in [1.82, 2.24) is 15.1 Å². The molecule has 1 aromatic heterocycles. The van der Waals surface area contributed by atoms with Crippen LogP contribution in [-0.4, -0.2) is 33.3 Å². The van der Waals surface area contributed by atoms with E-state index in [0.29, 0.717) is 16.3 Å². The molecule has 2 N–H and O–H groups in total. The van der Waals surface area contributed by atoms with Crippen molar-refractivity contribution < 1.29 is 27.9 Å². The van der Waals surface area contributed by atoms with E-state index in [2.05, 4.69) is 10.4 Å². The van der Waals surface area contributed by atoms with E-state index in [1.54, 1.807) is 41.1 Å². The lowest BCUT2D eigenvalue weighted by molar-refractivity contribution is -0.136. The molecule has 0 bridgehead atoms. The van der Waals surface area contributed by atoms with Crippen LogP contribution in [0.1, 0.15) is 35.3 Å². The van der Waals surface area contributed by atoms with Gasteiger partial charge in [-0.15, -0.1) is 0 Å². The first kappa shape index (κ1) is 27.9. The number of benzene rings is 4. The van der Waals surface area contributed by atoms with Crippen molar-refractivity contribution in [3.05, 3.63) is 112 Å². The molecule has 0 saturated carbocycles. The SMILES string of the molecule is C[C@@H](c1ccc(C(=O)NCCC(=O)O)cc1)n1nc(-c2cc(F)c(F)c(F)c2)cc1-c1ccc2cc(Cl)ccc2c1. The van der Waals surface area contributed by atoms with Gasteiger partial charge in [-0.2, -0.15) is 5.10 Å². The van der Waals surface area contributed by atoms with Gasteiger partial charge < -0.3 is 10.4 Å². The number of carbonyl (C=O) groups is 2. The molecule has 4 aromatic carbocycles. The largest absolute Gasteiger partial charge is 0.481 e. The zero-order valence-electron chi connectivity index (χ0n) is 21.7. The second kappa shape index (κ2) is 11.5. The monoisotopic (exact) mass is 577 g/mol. The van der Waals surface area contributed by atoms with Gasteiger partial charge in [0.15, 0.2) is 17.5 Å². The van der Waals surface area contributed by atoms with Gasteiger partial charge in [0.1, 0.15) is 0 Å². The molecule has 0 spiro atoms. The molecule has 0 radical (unpaired) electrons. The van der Waals surface area contributed by atoms with Crippen molar-refractivity contribution in [3.63, 3.8) is 0 Å². The van der Waals surface area contributed by atoms with Gasteiger partial charge in [-0.1, -0.05) is 41.9 Å². The highest BCUT2D eigenvalue weighted by atomic mass is 35.5. The Balaban J connectivity index is 1.54. The standard InChI is InChI=1S/C31H23ClF3N3O3/c1-17(18-2-4-19(5-3-18)31(41)36-11-10-29(39)40)38-28(22-7-6-21-13-24(32)9-8-20(21)12-22)16-27(37-38)23-14-25(33)30(35)26(34)15-23/h2-9,12-17H,10-11H2,1H3,(H,36,41)(H,39,40)/t17-/m0/s1. The maximum absolute atomic E-state index is 14.1. The fourth-order valence-electron chi connectivity index (χ4n) is 4.56. The zero-order valence-corrected chi connectivity index (χ0v) is 22.4.